The number of carbonyl (C=O) groups is 1. The first kappa shape index (κ1) is 13.7. The number of hydrogen-bond donors (Lipinski definition) is 1. The van der Waals surface area contributed by atoms with Crippen molar-refractivity contribution in [1.82, 2.24) is 4.90 Å². The summed E-state index contributed by atoms with van der Waals surface area (Å²) in [5.41, 5.74) is 7.91. The van der Waals surface area contributed by atoms with Crippen molar-refractivity contribution in [3.63, 3.8) is 0 Å². The summed E-state index contributed by atoms with van der Waals surface area (Å²) >= 11 is 0. The summed E-state index contributed by atoms with van der Waals surface area (Å²) in [7, 11) is 1.79. The molecular weight excluding hydrogens is 212 g/mol. The second kappa shape index (κ2) is 6.40. The van der Waals surface area contributed by atoms with E-state index in [-0.39, 0.29) is 12.5 Å². The Hall–Kier alpha value is -1.35. The van der Waals surface area contributed by atoms with E-state index in [1.165, 1.54) is 11.1 Å². The lowest BCUT2D eigenvalue weighted by molar-refractivity contribution is -0.128. The van der Waals surface area contributed by atoms with Crippen molar-refractivity contribution in [3.05, 3.63) is 35.4 Å². The molecule has 0 saturated carbocycles. The first-order chi connectivity index (χ1) is 8.04. The van der Waals surface area contributed by atoms with E-state index in [4.69, 9.17) is 5.73 Å². The lowest BCUT2D eigenvalue weighted by Crippen LogP contribution is -2.34. The molecule has 0 heterocycles. The highest BCUT2D eigenvalue weighted by Crippen LogP contribution is 2.14. The second-order valence-corrected chi connectivity index (χ2v) is 4.67. The van der Waals surface area contributed by atoms with Gasteiger partial charge in [0.2, 0.25) is 5.91 Å². The molecule has 0 fully saturated rings. The van der Waals surface area contributed by atoms with Crippen molar-refractivity contribution in [3.8, 4) is 0 Å². The average molecular weight is 234 g/mol. The molecule has 1 aromatic carbocycles. The summed E-state index contributed by atoms with van der Waals surface area (Å²) < 4.78 is 0. The smallest absolute Gasteiger partial charge is 0.236 e. The summed E-state index contributed by atoms with van der Waals surface area (Å²) in [5.74, 6) is 0.550. The third kappa shape index (κ3) is 4.19. The van der Waals surface area contributed by atoms with Crippen molar-refractivity contribution in [2.75, 3.05) is 20.1 Å². The van der Waals surface area contributed by atoms with Gasteiger partial charge in [-0.25, -0.2) is 0 Å². The SMILES string of the molecule is CC(C)c1ccc(CCN(C)C(=O)CN)cc1. The largest absolute Gasteiger partial charge is 0.344 e. The minimum Gasteiger partial charge on any atom is -0.344 e. The molecule has 0 bridgehead atoms. The summed E-state index contributed by atoms with van der Waals surface area (Å²) in [6.07, 6.45) is 0.876. The van der Waals surface area contributed by atoms with E-state index in [0.29, 0.717) is 5.92 Å². The quantitative estimate of drug-likeness (QED) is 0.844. The van der Waals surface area contributed by atoms with Gasteiger partial charge in [-0.2, -0.15) is 0 Å². The van der Waals surface area contributed by atoms with Gasteiger partial charge >= 0.3 is 0 Å². The van der Waals surface area contributed by atoms with E-state index in [0.717, 1.165) is 13.0 Å². The Balaban J connectivity index is 2.50. The molecule has 1 rings (SSSR count). The number of carbonyl (C=O) groups excluding carboxylic acids is 1. The molecule has 3 nitrogen and oxygen atoms in total. The number of amides is 1. The van der Waals surface area contributed by atoms with Gasteiger partial charge in [0.25, 0.3) is 0 Å². The fourth-order valence-corrected chi connectivity index (χ4v) is 1.65. The molecule has 2 N–H and O–H groups in total. The van der Waals surface area contributed by atoms with Crippen molar-refractivity contribution < 1.29 is 4.79 Å². The minimum atomic E-state index is -0.0104. The normalized spacial score (nSPS) is 10.6. The molecular formula is C14H22N2O. The van der Waals surface area contributed by atoms with E-state index in [1.807, 2.05) is 0 Å². The van der Waals surface area contributed by atoms with Crippen LogP contribution in [0.25, 0.3) is 0 Å². The molecule has 0 atom stereocenters. The van der Waals surface area contributed by atoms with Gasteiger partial charge in [0.05, 0.1) is 6.54 Å². The number of nitrogens with two attached hydrogens (primary N) is 1. The fourth-order valence-electron chi connectivity index (χ4n) is 1.65. The number of likely N-dealkylation sites (N-methyl/N-ethyl adjacent to an activating group) is 1. The predicted octanol–water partition coefficient (Wildman–Crippen LogP) is 1.77. The Labute approximate surface area is 104 Å². The Kier molecular flexibility index (Phi) is 5.16. The van der Waals surface area contributed by atoms with E-state index in [1.54, 1.807) is 11.9 Å². The van der Waals surface area contributed by atoms with Crippen LogP contribution in [0.4, 0.5) is 0 Å². The zero-order valence-electron chi connectivity index (χ0n) is 10.9. The highest BCUT2D eigenvalue weighted by molar-refractivity contribution is 5.77. The molecule has 0 radical (unpaired) electrons. The van der Waals surface area contributed by atoms with Crippen molar-refractivity contribution in [2.45, 2.75) is 26.2 Å². The van der Waals surface area contributed by atoms with Gasteiger partial charge in [-0.1, -0.05) is 38.1 Å². The summed E-state index contributed by atoms with van der Waals surface area (Å²) in [4.78, 5) is 13.0. The van der Waals surface area contributed by atoms with Crippen LogP contribution in [0.3, 0.4) is 0 Å². The molecule has 1 aromatic rings. The number of hydrogen-bond acceptors (Lipinski definition) is 2. The van der Waals surface area contributed by atoms with E-state index in [9.17, 15) is 4.79 Å². The van der Waals surface area contributed by atoms with Gasteiger partial charge in [0, 0.05) is 13.6 Å². The van der Waals surface area contributed by atoms with Gasteiger partial charge < -0.3 is 10.6 Å². The monoisotopic (exact) mass is 234 g/mol. The molecule has 1 amide bonds. The number of rotatable bonds is 5. The van der Waals surface area contributed by atoms with Crippen molar-refractivity contribution in [1.29, 1.82) is 0 Å². The van der Waals surface area contributed by atoms with Crippen LogP contribution in [-0.4, -0.2) is 30.9 Å². The second-order valence-electron chi connectivity index (χ2n) is 4.67. The zero-order valence-corrected chi connectivity index (χ0v) is 10.9. The third-order valence-corrected chi connectivity index (χ3v) is 2.98. The summed E-state index contributed by atoms with van der Waals surface area (Å²) in [6, 6.07) is 8.59. The molecule has 0 saturated heterocycles. The molecule has 94 valence electrons. The van der Waals surface area contributed by atoms with Crippen LogP contribution in [0.1, 0.15) is 30.9 Å². The van der Waals surface area contributed by atoms with Gasteiger partial charge in [-0.05, 0) is 23.5 Å². The Morgan fingerprint density at radius 1 is 1.29 bits per heavy atom. The van der Waals surface area contributed by atoms with Crippen LogP contribution >= 0.6 is 0 Å². The first-order valence-electron chi connectivity index (χ1n) is 6.07. The van der Waals surface area contributed by atoms with Gasteiger partial charge in [0.1, 0.15) is 0 Å². The van der Waals surface area contributed by atoms with Gasteiger partial charge in [-0.3, -0.25) is 4.79 Å². The Morgan fingerprint density at radius 2 is 1.88 bits per heavy atom. The average Bonchev–Trinajstić information content (AvgIpc) is 2.35. The fraction of sp³-hybridized carbons (Fsp3) is 0.500. The summed E-state index contributed by atoms with van der Waals surface area (Å²) in [5, 5.41) is 0. The van der Waals surface area contributed by atoms with E-state index < -0.39 is 0 Å². The van der Waals surface area contributed by atoms with Gasteiger partial charge in [-0.15, -0.1) is 0 Å². The van der Waals surface area contributed by atoms with E-state index >= 15 is 0 Å². The minimum absolute atomic E-state index is 0.0104. The Morgan fingerprint density at radius 3 is 2.35 bits per heavy atom. The number of benzene rings is 1. The highest BCUT2D eigenvalue weighted by atomic mass is 16.2. The van der Waals surface area contributed by atoms with Gasteiger partial charge in [0.15, 0.2) is 0 Å². The Bertz CT molecular complexity index is 357. The molecule has 17 heavy (non-hydrogen) atoms. The van der Waals surface area contributed by atoms with E-state index in [2.05, 4.69) is 38.1 Å². The number of nitrogens with zero attached hydrogens (tertiary/aromatic N) is 1. The van der Waals surface area contributed by atoms with Crippen molar-refractivity contribution in [2.24, 2.45) is 5.73 Å². The highest BCUT2D eigenvalue weighted by Gasteiger charge is 2.06. The van der Waals surface area contributed by atoms with Crippen LogP contribution < -0.4 is 5.73 Å². The zero-order chi connectivity index (χ0) is 12.8. The van der Waals surface area contributed by atoms with Crippen LogP contribution in [-0.2, 0) is 11.2 Å². The molecule has 0 aliphatic rings. The molecule has 3 heteroatoms. The maximum atomic E-state index is 11.3. The maximum Gasteiger partial charge on any atom is 0.236 e. The first-order valence-corrected chi connectivity index (χ1v) is 6.07. The van der Waals surface area contributed by atoms with Crippen molar-refractivity contribution >= 4 is 5.91 Å². The molecule has 0 unspecified atom stereocenters. The lowest BCUT2D eigenvalue weighted by Gasteiger charge is -2.16. The summed E-state index contributed by atoms with van der Waals surface area (Å²) in [6.45, 7) is 5.17. The van der Waals surface area contributed by atoms with Crippen LogP contribution in [0, 0.1) is 0 Å². The predicted molar refractivity (Wildman–Crippen MR) is 70.9 cm³/mol. The third-order valence-electron chi connectivity index (χ3n) is 2.98. The molecule has 0 aliphatic carbocycles. The molecule has 0 spiro atoms. The lowest BCUT2D eigenvalue weighted by atomic mass is 10.0. The van der Waals surface area contributed by atoms with Crippen LogP contribution in [0.5, 0.6) is 0 Å². The standard InChI is InChI=1S/C14H22N2O/c1-11(2)13-6-4-12(5-7-13)8-9-16(3)14(17)10-15/h4-7,11H,8-10,15H2,1-3H3. The van der Waals surface area contributed by atoms with Crippen LogP contribution in [0.2, 0.25) is 0 Å². The maximum absolute atomic E-state index is 11.3. The molecule has 0 aromatic heterocycles. The van der Waals surface area contributed by atoms with Crippen LogP contribution in [0.15, 0.2) is 24.3 Å². The molecule has 0 aliphatic heterocycles. The topological polar surface area (TPSA) is 46.3 Å².